The number of carbonyl (C=O) groups excluding carboxylic acids is 1. The zero-order valence-corrected chi connectivity index (χ0v) is 8.34. The van der Waals surface area contributed by atoms with Gasteiger partial charge in [-0.2, -0.15) is 0 Å². The van der Waals surface area contributed by atoms with Gasteiger partial charge in [0.05, 0.1) is 0 Å². The van der Waals surface area contributed by atoms with Crippen molar-refractivity contribution in [3.05, 3.63) is 0 Å². The summed E-state index contributed by atoms with van der Waals surface area (Å²) in [7, 11) is 1.50. The van der Waals surface area contributed by atoms with Crippen LogP contribution < -0.4 is 5.73 Å². The second kappa shape index (κ2) is 6.00. The monoisotopic (exact) mass is 172 g/mol. The van der Waals surface area contributed by atoms with Crippen LogP contribution in [0.2, 0.25) is 0 Å². The molecule has 12 heavy (non-hydrogen) atoms. The van der Waals surface area contributed by atoms with E-state index in [1.54, 1.807) is 6.92 Å². The number of nitrogens with zero attached hydrogens (tertiary/aromatic N) is 1. The van der Waals surface area contributed by atoms with E-state index < -0.39 is 0 Å². The number of likely N-dealkylation sites (tertiary alicyclic amines) is 1. The van der Waals surface area contributed by atoms with Gasteiger partial charge in [0.15, 0.2) is 0 Å². The van der Waals surface area contributed by atoms with Crippen LogP contribution in [-0.4, -0.2) is 30.9 Å². The predicted molar refractivity (Wildman–Crippen MR) is 50.8 cm³/mol. The molecule has 1 heterocycles. The van der Waals surface area contributed by atoms with Gasteiger partial charge in [-0.1, -0.05) is 6.92 Å². The fraction of sp³-hybridized carbons (Fsp3) is 0.889. The van der Waals surface area contributed by atoms with Crippen molar-refractivity contribution in [3.63, 3.8) is 0 Å². The van der Waals surface area contributed by atoms with Gasteiger partial charge in [-0.15, -0.1) is 0 Å². The Morgan fingerprint density at radius 1 is 1.33 bits per heavy atom. The summed E-state index contributed by atoms with van der Waals surface area (Å²) in [5.74, 6) is 1.04. The Balaban J connectivity index is 0.000000561. The first kappa shape index (κ1) is 11.4. The maximum Gasteiger partial charge on any atom is 0.219 e. The molecule has 0 unspecified atom stereocenters. The smallest absolute Gasteiger partial charge is 0.219 e. The number of nitrogens with two attached hydrogens (primary N) is 1. The van der Waals surface area contributed by atoms with E-state index in [-0.39, 0.29) is 5.91 Å². The molecule has 2 N–H and O–H groups in total. The van der Waals surface area contributed by atoms with Gasteiger partial charge in [-0.25, -0.2) is 0 Å². The molecule has 0 aromatic heterocycles. The predicted octanol–water partition coefficient (Wildman–Crippen LogP) is 0.840. The molecule has 0 bridgehead atoms. The van der Waals surface area contributed by atoms with E-state index in [9.17, 15) is 4.79 Å². The van der Waals surface area contributed by atoms with E-state index in [1.807, 2.05) is 4.90 Å². The van der Waals surface area contributed by atoms with Crippen LogP contribution in [0.1, 0.15) is 26.7 Å². The van der Waals surface area contributed by atoms with Crippen LogP contribution in [0.4, 0.5) is 0 Å². The molecule has 3 nitrogen and oxygen atoms in total. The Hall–Kier alpha value is -0.570. The molecule has 0 aliphatic carbocycles. The highest BCUT2D eigenvalue weighted by Crippen LogP contribution is 2.15. The van der Waals surface area contributed by atoms with E-state index in [0.717, 1.165) is 19.0 Å². The summed E-state index contributed by atoms with van der Waals surface area (Å²) in [5.41, 5.74) is 4.50. The molecule has 3 heteroatoms. The molecule has 0 radical (unpaired) electrons. The molecule has 1 fully saturated rings. The largest absolute Gasteiger partial charge is 0.343 e. The lowest BCUT2D eigenvalue weighted by atomic mass is 9.99. The highest BCUT2D eigenvalue weighted by molar-refractivity contribution is 5.73. The van der Waals surface area contributed by atoms with Gasteiger partial charge in [0.1, 0.15) is 0 Å². The van der Waals surface area contributed by atoms with E-state index in [1.165, 1.54) is 19.9 Å². The SMILES string of the molecule is CC(=O)N1CCC(C)CC1.CN. The van der Waals surface area contributed by atoms with Crippen LogP contribution in [0.5, 0.6) is 0 Å². The summed E-state index contributed by atoms with van der Waals surface area (Å²) < 4.78 is 0. The Labute approximate surface area is 74.9 Å². The summed E-state index contributed by atoms with van der Waals surface area (Å²) in [6.07, 6.45) is 2.36. The number of piperidine rings is 1. The first-order chi connectivity index (χ1) is 5.70. The number of hydrogen-bond donors (Lipinski definition) is 1. The van der Waals surface area contributed by atoms with Crippen molar-refractivity contribution in [2.75, 3.05) is 20.1 Å². The van der Waals surface area contributed by atoms with Crippen molar-refractivity contribution in [1.82, 2.24) is 4.90 Å². The second-order valence-corrected chi connectivity index (χ2v) is 3.19. The molecule has 1 aliphatic rings. The average Bonchev–Trinajstić information content (AvgIpc) is 2.09. The molecule has 0 saturated carbocycles. The molecule has 0 spiro atoms. The van der Waals surface area contributed by atoms with Crippen molar-refractivity contribution >= 4 is 5.91 Å². The summed E-state index contributed by atoms with van der Waals surface area (Å²) in [4.78, 5) is 12.8. The van der Waals surface area contributed by atoms with Gasteiger partial charge in [0.25, 0.3) is 0 Å². The molecule has 1 rings (SSSR count). The van der Waals surface area contributed by atoms with Crippen molar-refractivity contribution in [1.29, 1.82) is 0 Å². The molecular weight excluding hydrogens is 152 g/mol. The highest BCUT2D eigenvalue weighted by Gasteiger charge is 2.16. The Kier molecular flexibility index (Phi) is 5.72. The number of rotatable bonds is 0. The molecule has 72 valence electrons. The Morgan fingerprint density at radius 2 is 1.75 bits per heavy atom. The fourth-order valence-corrected chi connectivity index (χ4v) is 1.32. The summed E-state index contributed by atoms with van der Waals surface area (Å²) in [5, 5.41) is 0. The van der Waals surface area contributed by atoms with Crippen LogP contribution in [-0.2, 0) is 4.79 Å². The normalized spacial score (nSPS) is 18.2. The maximum atomic E-state index is 10.8. The van der Waals surface area contributed by atoms with Gasteiger partial charge < -0.3 is 10.6 Å². The number of hydrogen-bond acceptors (Lipinski definition) is 2. The lowest BCUT2D eigenvalue weighted by molar-refractivity contribution is -0.130. The van der Waals surface area contributed by atoms with Crippen molar-refractivity contribution < 1.29 is 4.79 Å². The molecular formula is C9H20N2O. The number of carbonyl (C=O) groups is 1. The highest BCUT2D eigenvalue weighted by atomic mass is 16.2. The van der Waals surface area contributed by atoms with E-state index in [2.05, 4.69) is 12.7 Å². The van der Waals surface area contributed by atoms with Crippen LogP contribution in [0.25, 0.3) is 0 Å². The molecule has 0 aromatic carbocycles. The first-order valence-electron chi connectivity index (χ1n) is 4.53. The van der Waals surface area contributed by atoms with Gasteiger partial charge in [0.2, 0.25) is 5.91 Å². The van der Waals surface area contributed by atoms with Gasteiger partial charge in [-0.05, 0) is 25.8 Å². The standard InChI is InChI=1S/C8H15NO.CH5N/c1-7-3-5-9(6-4-7)8(2)10;1-2/h7H,3-6H2,1-2H3;2H2,1H3. The first-order valence-corrected chi connectivity index (χ1v) is 4.53. The second-order valence-electron chi connectivity index (χ2n) is 3.19. The lowest BCUT2D eigenvalue weighted by Crippen LogP contribution is -2.36. The van der Waals surface area contributed by atoms with E-state index >= 15 is 0 Å². The van der Waals surface area contributed by atoms with Gasteiger partial charge in [-0.3, -0.25) is 4.79 Å². The Bertz CT molecular complexity index is 128. The molecule has 1 amide bonds. The number of amides is 1. The van der Waals surface area contributed by atoms with Crippen LogP contribution in [0, 0.1) is 5.92 Å². The topological polar surface area (TPSA) is 46.3 Å². The summed E-state index contributed by atoms with van der Waals surface area (Å²) >= 11 is 0. The third-order valence-corrected chi connectivity index (χ3v) is 2.23. The van der Waals surface area contributed by atoms with Crippen molar-refractivity contribution in [3.8, 4) is 0 Å². The molecule has 0 atom stereocenters. The maximum absolute atomic E-state index is 10.8. The third kappa shape index (κ3) is 3.72. The Morgan fingerprint density at radius 3 is 2.08 bits per heavy atom. The van der Waals surface area contributed by atoms with Crippen LogP contribution in [0.3, 0.4) is 0 Å². The molecule has 0 aromatic rings. The van der Waals surface area contributed by atoms with Crippen molar-refractivity contribution in [2.24, 2.45) is 11.7 Å². The molecule has 1 aliphatic heterocycles. The van der Waals surface area contributed by atoms with Crippen LogP contribution >= 0.6 is 0 Å². The zero-order chi connectivity index (χ0) is 9.56. The fourth-order valence-electron chi connectivity index (χ4n) is 1.32. The lowest BCUT2D eigenvalue weighted by Gasteiger charge is -2.29. The minimum atomic E-state index is 0.229. The third-order valence-electron chi connectivity index (χ3n) is 2.23. The average molecular weight is 172 g/mol. The minimum absolute atomic E-state index is 0.229. The van der Waals surface area contributed by atoms with E-state index in [0.29, 0.717) is 0 Å². The van der Waals surface area contributed by atoms with Gasteiger partial charge in [0, 0.05) is 20.0 Å². The van der Waals surface area contributed by atoms with Gasteiger partial charge >= 0.3 is 0 Å². The molecule has 1 saturated heterocycles. The quantitative estimate of drug-likeness (QED) is 0.588. The summed E-state index contributed by atoms with van der Waals surface area (Å²) in [6.45, 7) is 5.83. The zero-order valence-electron chi connectivity index (χ0n) is 8.34. The summed E-state index contributed by atoms with van der Waals surface area (Å²) in [6, 6.07) is 0. The van der Waals surface area contributed by atoms with Crippen molar-refractivity contribution in [2.45, 2.75) is 26.7 Å². The van der Waals surface area contributed by atoms with E-state index in [4.69, 9.17) is 0 Å². The minimum Gasteiger partial charge on any atom is -0.343 e. The van der Waals surface area contributed by atoms with Crippen LogP contribution in [0.15, 0.2) is 0 Å².